The molecule has 116 valence electrons. The predicted molar refractivity (Wildman–Crippen MR) is 76.0 cm³/mol. The molecule has 0 aliphatic rings. The fourth-order valence-corrected chi connectivity index (χ4v) is 1.80. The van der Waals surface area contributed by atoms with E-state index in [1.807, 2.05) is 0 Å². The van der Waals surface area contributed by atoms with Gasteiger partial charge < -0.3 is 0 Å². The molecule has 3 N–H and O–H groups in total. The van der Waals surface area contributed by atoms with Crippen LogP contribution in [-0.4, -0.2) is 39.1 Å². The lowest BCUT2D eigenvalue weighted by molar-refractivity contribution is -0.154. The molecular formula is C13H21N5O3. The second kappa shape index (κ2) is 9.65. The summed E-state index contributed by atoms with van der Waals surface area (Å²) in [5.74, 6) is -0.545. The minimum Gasteiger partial charge on any atom is -0.286 e. The van der Waals surface area contributed by atoms with Gasteiger partial charge in [0, 0.05) is 12.4 Å². The number of rotatable bonds is 10. The Bertz CT molecular complexity index is 429. The van der Waals surface area contributed by atoms with E-state index in [2.05, 4.69) is 27.7 Å². The number of hydrazine groups is 1. The van der Waals surface area contributed by atoms with Gasteiger partial charge in [0.15, 0.2) is 0 Å². The number of unbranched alkanes of at least 4 members (excludes halogenated alkanes) is 2. The van der Waals surface area contributed by atoms with Gasteiger partial charge in [-0.1, -0.05) is 26.2 Å². The van der Waals surface area contributed by atoms with Crippen molar-refractivity contribution >= 4 is 18.3 Å². The molecule has 1 aromatic rings. The van der Waals surface area contributed by atoms with Gasteiger partial charge in [-0.25, -0.2) is 15.0 Å². The Kier molecular flexibility index (Phi) is 7.73. The SMILES string of the molecule is CCCCC[C@H](CN(O)C=O)C(=O)NNc1ncccn1. The Hall–Kier alpha value is -2.22. The monoisotopic (exact) mass is 295 g/mol. The Balaban J connectivity index is 2.50. The second-order valence-corrected chi connectivity index (χ2v) is 4.61. The first-order valence-electron chi connectivity index (χ1n) is 6.91. The van der Waals surface area contributed by atoms with Crippen LogP contribution in [0.3, 0.4) is 0 Å². The first-order chi connectivity index (χ1) is 10.2. The molecule has 0 saturated heterocycles. The van der Waals surface area contributed by atoms with Gasteiger partial charge in [-0.15, -0.1) is 0 Å². The Morgan fingerprint density at radius 3 is 2.76 bits per heavy atom. The zero-order valence-corrected chi connectivity index (χ0v) is 12.0. The molecule has 0 unspecified atom stereocenters. The molecule has 8 nitrogen and oxygen atoms in total. The van der Waals surface area contributed by atoms with Gasteiger partial charge in [0.25, 0.3) is 0 Å². The van der Waals surface area contributed by atoms with Crippen molar-refractivity contribution in [3.63, 3.8) is 0 Å². The Morgan fingerprint density at radius 1 is 1.43 bits per heavy atom. The summed E-state index contributed by atoms with van der Waals surface area (Å²) >= 11 is 0. The van der Waals surface area contributed by atoms with Crippen LogP contribution in [-0.2, 0) is 9.59 Å². The highest BCUT2D eigenvalue weighted by molar-refractivity contribution is 5.80. The predicted octanol–water partition coefficient (Wildman–Crippen LogP) is 0.964. The number of carbonyl (C=O) groups excluding carboxylic acids is 2. The number of nitrogens with zero attached hydrogens (tertiary/aromatic N) is 3. The smallest absolute Gasteiger partial charge is 0.243 e. The van der Waals surface area contributed by atoms with E-state index in [4.69, 9.17) is 0 Å². The quantitative estimate of drug-likeness (QED) is 0.257. The van der Waals surface area contributed by atoms with Crippen molar-refractivity contribution in [2.45, 2.75) is 32.6 Å². The number of aromatic nitrogens is 2. The van der Waals surface area contributed by atoms with Gasteiger partial charge in [0.1, 0.15) is 0 Å². The van der Waals surface area contributed by atoms with E-state index in [0.29, 0.717) is 11.5 Å². The van der Waals surface area contributed by atoms with Crippen LogP contribution in [0.1, 0.15) is 32.6 Å². The van der Waals surface area contributed by atoms with Crippen molar-refractivity contribution in [3.05, 3.63) is 18.5 Å². The van der Waals surface area contributed by atoms with Crippen LogP contribution in [0.25, 0.3) is 0 Å². The summed E-state index contributed by atoms with van der Waals surface area (Å²) < 4.78 is 0. The number of nitrogens with one attached hydrogen (secondary N) is 2. The lowest BCUT2D eigenvalue weighted by atomic mass is 10.0. The molecule has 0 spiro atoms. The van der Waals surface area contributed by atoms with Crippen LogP contribution in [0.4, 0.5) is 5.95 Å². The zero-order chi connectivity index (χ0) is 15.5. The summed E-state index contributed by atoms with van der Waals surface area (Å²) in [6, 6.07) is 1.66. The molecular weight excluding hydrogens is 274 g/mol. The molecule has 0 radical (unpaired) electrons. The summed E-state index contributed by atoms with van der Waals surface area (Å²) in [7, 11) is 0. The number of amides is 2. The molecule has 1 atom stereocenters. The molecule has 0 saturated carbocycles. The lowest BCUT2D eigenvalue weighted by Crippen LogP contribution is -2.40. The average molecular weight is 295 g/mol. The number of carbonyl (C=O) groups is 2. The number of hydroxylamine groups is 2. The molecule has 0 fully saturated rings. The third kappa shape index (κ3) is 6.66. The molecule has 1 rings (SSSR count). The van der Waals surface area contributed by atoms with E-state index in [-0.39, 0.29) is 24.8 Å². The van der Waals surface area contributed by atoms with Crippen molar-refractivity contribution in [2.24, 2.45) is 5.92 Å². The number of hydrogen-bond donors (Lipinski definition) is 3. The van der Waals surface area contributed by atoms with Crippen molar-refractivity contribution in [3.8, 4) is 0 Å². The molecule has 21 heavy (non-hydrogen) atoms. The lowest BCUT2D eigenvalue weighted by Gasteiger charge is -2.19. The maximum absolute atomic E-state index is 12.1. The van der Waals surface area contributed by atoms with Crippen molar-refractivity contribution < 1.29 is 14.8 Å². The molecule has 2 amide bonds. The van der Waals surface area contributed by atoms with E-state index in [0.717, 1.165) is 19.3 Å². The standard InChI is InChI=1S/C13H21N5O3/c1-2-3-4-6-11(9-18(21)10-19)12(20)16-17-13-14-7-5-8-15-13/h5,7-8,10-11,21H,2-4,6,9H2,1H3,(H,16,20)(H,14,15,17)/t11-/m1/s1. The number of hydrogen-bond acceptors (Lipinski definition) is 6. The minimum atomic E-state index is -0.497. The average Bonchev–Trinajstić information content (AvgIpc) is 2.52. The number of anilines is 1. The van der Waals surface area contributed by atoms with Crippen molar-refractivity contribution in [2.75, 3.05) is 12.0 Å². The van der Waals surface area contributed by atoms with E-state index >= 15 is 0 Å². The topological polar surface area (TPSA) is 107 Å². The molecule has 1 heterocycles. The molecule has 8 heteroatoms. The highest BCUT2D eigenvalue weighted by atomic mass is 16.5. The second-order valence-electron chi connectivity index (χ2n) is 4.61. The maximum Gasteiger partial charge on any atom is 0.243 e. The normalized spacial score (nSPS) is 11.5. The van der Waals surface area contributed by atoms with Crippen LogP contribution in [0.5, 0.6) is 0 Å². The largest absolute Gasteiger partial charge is 0.286 e. The van der Waals surface area contributed by atoms with Crippen LogP contribution >= 0.6 is 0 Å². The molecule has 0 bridgehead atoms. The molecule has 1 aromatic heterocycles. The summed E-state index contributed by atoms with van der Waals surface area (Å²) in [6.45, 7) is 2.02. The van der Waals surface area contributed by atoms with Crippen molar-refractivity contribution in [1.29, 1.82) is 0 Å². The molecule has 0 aliphatic carbocycles. The Labute approximate surface area is 123 Å². The van der Waals surface area contributed by atoms with Crippen LogP contribution in [0, 0.1) is 5.92 Å². The maximum atomic E-state index is 12.1. The first-order valence-corrected chi connectivity index (χ1v) is 6.91. The van der Waals surface area contributed by atoms with Crippen LogP contribution < -0.4 is 10.9 Å². The first kappa shape index (κ1) is 16.8. The minimum absolute atomic E-state index is 0.0453. The third-order valence-electron chi connectivity index (χ3n) is 2.92. The summed E-state index contributed by atoms with van der Waals surface area (Å²) in [4.78, 5) is 30.4. The van der Waals surface area contributed by atoms with Gasteiger partial charge in [-0.2, -0.15) is 0 Å². The van der Waals surface area contributed by atoms with Crippen LogP contribution in [0.15, 0.2) is 18.5 Å². The molecule has 0 aromatic carbocycles. The van der Waals surface area contributed by atoms with Gasteiger partial charge in [0.2, 0.25) is 18.3 Å². The summed E-state index contributed by atoms with van der Waals surface area (Å²) in [5.41, 5.74) is 5.08. The van der Waals surface area contributed by atoms with E-state index < -0.39 is 5.92 Å². The van der Waals surface area contributed by atoms with Crippen molar-refractivity contribution in [1.82, 2.24) is 20.5 Å². The highest BCUT2D eigenvalue weighted by Gasteiger charge is 2.20. The fourth-order valence-electron chi connectivity index (χ4n) is 1.80. The van der Waals surface area contributed by atoms with Gasteiger partial charge in [-0.05, 0) is 12.5 Å². The van der Waals surface area contributed by atoms with E-state index in [1.165, 1.54) is 0 Å². The van der Waals surface area contributed by atoms with E-state index in [1.54, 1.807) is 18.5 Å². The van der Waals surface area contributed by atoms with Gasteiger partial charge in [0.05, 0.1) is 12.5 Å². The summed E-state index contributed by atoms with van der Waals surface area (Å²) in [6.07, 6.45) is 6.83. The molecule has 0 aliphatic heterocycles. The van der Waals surface area contributed by atoms with Gasteiger partial charge in [-0.3, -0.25) is 25.6 Å². The fraction of sp³-hybridized carbons (Fsp3) is 0.538. The zero-order valence-electron chi connectivity index (χ0n) is 12.0. The van der Waals surface area contributed by atoms with Gasteiger partial charge >= 0.3 is 0 Å². The Morgan fingerprint density at radius 2 is 2.14 bits per heavy atom. The van der Waals surface area contributed by atoms with Crippen LogP contribution in [0.2, 0.25) is 0 Å². The highest BCUT2D eigenvalue weighted by Crippen LogP contribution is 2.11. The summed E-state index contributed by atoms with van der Waals surface area (Å²) in [5, 5.41) is 9.74. The van der Waals surface area contributed by atoms with E-state index in [9.17, 15) is 14.8 Å². The third-order valence-corrected chi connectivity index (χ3v) is 2.92.